The number of amides is 1. The summed E-state index contributed by atoms with van der Waals surface area (Å²) in [6.07, 6.45) is 1.38. The predicted molar refractivity (Wildman–Crippen MR) is 106 cm³/mol. The summed E-state index contributed by atoms with van der Waals surface area (Å²) in [7, 11) is -2.25. The summed E-state index contributed by atoms with van der Waals surface area (Å²) < 4.78 is 33.6. The number of hydrogen-bond acceptors (Lipinski definition) is 6. The zero-order valence-corrected chi connectivity index (χ0v) is 16.7. The van der Waals surface area contributed by atoms with Gasteiger partial charge in [-0.1, -0.05) is 11.6 Å². The van der Waals surface area contributed by atoms with Crippen LogP contribution >= 0.6 is 11.6 Å². The van der Waals surface area contributed by atoms with Crippen molar-refractivity contribution in [2.45, 2.75) is 13.3 Å². The van der Waals surface area contributed by atoms with E-state index in [0.717, 1.165) is 16.6 Å². The molecule has 0 fully saturated rings. The maximum absolute atomic E-state index is 12.1. The first-order valence-corrected chi connectivity index (χ1v) is 10.2. The van der Waals surface area contributed by atoms with E-state index in [1.807, 2.05) is 6.92 Å². The second-order valence-corrected chi connectivity index (χ2v) is 8.27. The molecule has 0 aliphatic heterocycles. The summed E-state index contributed by atoms with van der Waals surface area (Å²) >= 11 is 6.02. The van der Waals surface area contributed by atoms with E-state index in [1.165, 1.54) is 13.2 Å². The molecule has 0 aliphatic rings. The first-order chi connectivity index (χ1) is 13.2. The third-order valence-corrected chi connectivity index (χ3v) is 5.51. The minimum Gasteiger partial charge on any atom is -0.494 e. The van der Waals surface area contributed by atoms with E-state index in [1.54, 1.807) is 29.1 Å². The van der Waals surface area contributed by atoms with Crippen molar-refractivity contribution in [3.05, 3.63) is 41.3 Å². The Bertz CT molecular complexity index is 1160. The van der Waals surface area contributed by atoms with Crippen LogP contribution in [0.15, 0.2) is 30.5 Å². The maximum Gasteiger partial charge on any atom is 0.233 e. The number of nitrogens with zero attached hydrogens (tertiary/aromatic N) is 3. The number of carbonyl (C=O) groups excluding carboxylic acids is 1. The molecule has 11 heteroatoms. The normalized spacial score (nSPS) is 11.5. The topological polar surface area (TPSA) is 129 Å². The summed E-state index contributed by atoms with van der Waals surface area (Å²) in [6.45, 7) is 1.85. The van der Waals surface area contributed by atoms with Crippen molar-refractivity contribution in [1.82, 2.24) is 14.8 Å². The molecule has 2 heterocycles. The molecule has 1 aromatic carbocycles. The Morgan fingerprint density at radius 1 is 1.36 bits per heavy atom. The average molecular weight is 424 g/mol. The van der Waals surface area contributed by atoms with E-state index in [2.05, 4.69) is 14.8 Å². The van der Waals surface area contributed by atoms with Gasteiger partial charge < -0.3 is 10.5 Å². The highest BCUT2D eigenvalue weighted by molar-refractivity contribution is 7.92. The van der Waals surface area contributed by atoms with Crippen LogP contribution < -0.4 is 15.2 Å². The van der Waals surface area contributed by atoms with Gasteiger partial charge in [-0.25, -0.2) is 18.1 Å². The number of methoxy groups -OCH3 is 1. The van der Waals surface area contributed by atoms with Crippen LogP contribution in [0.3, 0.4) is 0 Å². The van der Waals surface area contributed by atoms with Crippen molar-refractivity contribution in [2.75, 3.05) is 17.6 Å². The molecular formula is C17H18ClN5O4S. The van der Waals surface area contributed by atoms with Gasteiger partial charge in [0.25, 0.3) is 0 Å². The molecule has 0 unspecified atom stereocenters. The third-order valence-electron chi connectivity index (χ3n) is 4.02. The van der Waals surface area contributed by atoms with Crippen molar-refractivity contribution in [1.29, 1.82) is 0 Å². The number of carbonyl (C=O) groups is 1. The van der Waals surface area contributed by atoms with E-state index in [4.69, 9.17) is 22.1 Å². The number of ether oxygens (including phenoxy) is 1. The van der Waals surface area contributed by atoms with Crippen LogP contribution in [0.2, 0.25) is 5.15 Å². The minimum absolute atomic E-state index is 0.266. The number of benzene rings is 1. The second-order valence-electron chi connectivity index (χ2n) is 6.05. The summed E-state index contributed by atoms with van der Waals surface area (Å²) in [5.74, 6) is -0.694. The molecule has 1 amide bonds. The van der Waals surface area contributed by atoms with Crippen molar-refractivity contribution in [3.8, 4) is 11.4 Å². The highest BCUT2D eigenvalue weighted by atomic mass is 35.5. The third kappa shape index (κ3) is 4.18. The lowest BCUT2D eigenvalue weighted by Gasteiger charge is -2.13. The summed E-state index contributed by atoms with van der Waals surface area (Å²) in [4.78, 5) is 14.9. The van der Waals surface area contributed by atoms with E-state index in [-0.39, 0.29) is 12.1 Å². The molecule has 0 saturated carbocycles. The SMILES string of the molecule is COc1cc(NS(=O)(=O)CCC(N)=O)ccc1-n1nc(C)c2cnc(Cl)cc21. The fourth-order valence-corrected chi connectivity index (χ4v) is 3.91. The van der Waals surface area contributed by atoms with Gasteiger partial charge in [-0.15, -0.1) is 0 Å². The highest BCUT2D eigenvalue weighted by Gasteiger charge is 2.17. The largest absolute Gasteiger partial charge is 0.494 e. The zero-order chi connectivity index (χ0) is 20.5. The van der Waals surface area contributed by atoms with Gasteiger partial charge in [0.05, 0.1) is 29.8 Å². The number of hydrogen-bond donors (Lipinski definition) is 2. The smallest absolute Gasteiger partial charge is 0.233 e. The lowest BCUT2D eigenvalue weighted by Crippen LogP contribution is -2.22. The number of anilines is 1. The molecule has 0 saturated heterocycles. The quantitative estimate of drug-likeness (QED) is 0.559. The van der Waals surface area contributed by atoms with E-state index in [0.29, 0.717) is 16.6 Å². The number of rotatable bonds is 7. The molecule has 3 N–H and O–H groups in total. The standard InChI is InChI=1S/C17H18ClN5O4S/c1-10-12-9-20-16(18)8-14(12)23(21-10)13-4-3-11(7-15(13)27-2)22-28(25,26)6-5-17(19)24/h3-4,7-9,22H,5-6H2,1-2H3,(H2,19,24). The summed E-state index contributed by atoms with van der Waals surface area (Å²) in [6, 6.07) is 6.47. The highest BCUT2D eigenvalue weighted by Crippen LogP contribution is 2.31. The molecule has 148 valence electrons. The molecular weight excluding hydrogens is 406 g/mol. The molecule has 0 spiro atoms. The van der Waals surface area contributed by atoms with Gasteiger partial charge in [0.2, 0.25) is 15.9 Å². The minimum atomic E-state index is -3.72. The van der Waals surface area contributed by atoms with Gasteiger partial charge >= 0.3 is 0 Å². The fourth-order valence-electron chi connectivity index (χ4n) is 2.70. The Morgan fingerprint density at radius 3 is 2.79 bits per heavy atom. The number of fused-ring (bicyclic) bond motifs is 1. The molecule has 28 heavy (non-hydrogen) atoms. The second kappa shape index (κ2) is 7.64. The predicted octanol–water partition coefficient (Wildman–Crippen LogP) is 2.01. The van der Waals surface area contributed by atoms with E-state index in [9.17, 15) is 13.2 Å². The molecule has 9 nitrogen and oxygen atoms in total. The van der Waals surface area contributed by atoms with E-state index < -0.39 is 21.7 Å². The average Bonchev–Trinajstić information content (AvgIpc) is 2.95. The van der Waals surface area contributed by atoms with Crippen molar-refractivity contribution in [3.63, 3.8) is 0 Å². The van der Waals surface area contributed by atoms with Crippen molar-refractivity contribution in [2.24, 2.45) is 5.73 Å². The van der Waals surface area contributed by atoms with Gasteiger partial charge in [-0.2, -0.15) is 5.10 Å². The van der Waals surface area contributed by atoms with Crippen LogP contribution in [-0.4, -0.2) is 42.0 Å². The first kappa shape index (κ1) is 19.9. The van der Waals surface area contributed by atoms with Crippen LogP contribution in [0.5, 0.6) is 5.75 Å². The van der Waals surface area contributed by atoms with Crippen LogP contribution in [0.4, 0.5) is 5.69 Å². The number of nitrogens with one attached hydrogen (secondary N) is 1. The van der Waals surface area contributed by atoms with Crippen LogP contribution in [0, 0.1) is 6.92 Å². The van der Waals surface area contributed by atoms with Crippen LogP contribution in [0.25, 0.3) is 16.6 Å². The number of halogens is 1. The number of aryl methyl sites for hydroxylation is 1. The number of primary amides is 1. The fraction of sp³-hybridized carbons (Fsp3) is 0.235. The molecule has 3 aromatic rings. The monoisotopic (exact) mass is 423 g/mol. The number of nitrogens with two attached hydrogens (primary N) is 1. The lowest BCUT2D eigenvalue weighted by molar-refractivity contribution is -0.117. The molecule has 3 rings (SSSR count). The number of pyridine rings is 1. The van der Waals surface area contributed by atoms with Gasteiger partial charge in [-0.3, -0.25) is 9.52 Å². The van der Waals surface area contributed by atoms with Gasteiger partial charge in [0.15, 0.2) is 0 Å². The van der Waals surface area contributed by atoms with Crippen LogP contribution in [0.1, 0.15) is 12.1 Å². The molecule has 0 bridgehead atoms. The molecule has 2 aromatic heterocycles. The molecule has 0 aliphatic carbocycles. The Balaban J connectivity index is 1.99. The Hall–Kier alpha value is -2.85. The number of sulfonamides is 1. The van der Waals surface area contributed by atoms with Crippen molar-refractivity contribution < 1.29 is 17.9 Å². The Kier molecular flexibility index (Phi) is 5.43. The maximum atomic E-state index is 12.1. The zero-order valence-electron chi connectivity index (χ0n) is 15.1. The van der Waals surface area contributed by atoms with E-state index >= 15 is 0 Å². The van der Waals surface area contributed by atoms with Crippen molar-refractivity contribution >= 4 is 44.1 Å². The Labute approximate surface area is 166 Å². The lowest BCUT2D eigenvalue weighted by atomic mass is 10.2. The molecule has 0 radical (unpaired) electrons. The Morgan fingerprint density at radius 2 is 2.11 bits per heavy atom. The van der Waals surface area contributed by atoms with Gasteiger partial charge in [-0.05, 0) is 19.1 Å². The summed E-state index contributed by atoms with van der Waals surface area (Å²) in [5, 5.41) is 5.67. The van der Waals surface area contributed by atoms with Crippen LogP contribution in [-0.2, 0) is 14.8 Å². The summed E-state index contributed by atoms with van der Waals surface area (Å²) in [5.41, 5.74) is 7.40. The van der Waals surface area contributed by atoms with Gasteiger partial charge in [0.1, 0.15) is 16.6 Å². The first-order valence-electron chi connectivity index (χ1n) is 8.18. The number of aromatic nitrogens is 3. The molecule has 0 atom stereocenters. The van der Waals surface area contributed by atoms with Gasteiger partial charge in [0, 0.05) is 30.1 Å².